The second kappa shape index (κ2) is 6.37. The number of halogens is 2. The van der Waals surface area contributed by atoms with E-state index in [2.05, 4.69) is 11.6 Å². The van der Waals surface area contributed by atoms with Crippen molar-refractivity contribution in [3.63, 3.8) is 0 Å². The van der Waals surface area contributed by atoms with Gasteiger partial charge >= 0.3 is 0 Å². The molecule has 1 aromatic carbocycles. The van der Waals surface area contributed by atoms with E-state index in [1.807, 2.05) is 0 Å². The fraction of sp³-hybridized carbons (Fsp3) is 0.571. The monoisotopic (exact) mass is 318 g/mol. The number of nitrogens with one attached hydrogen (secondary N) is 1. The summed E-state index contributed by atoms with van der Waals surface area (Å²) in [4.78, 5) is -0.673. The molecular weight excluding hydrogens is 298 g/mol. The van der Waals surface area contributed by atoms with Gasteiger partial charge in [-0.2, -0.15) is 0 Å². The number of benzene rings is 1. The molecule has 3 N–H and O–H groups in total. The van der Waals surface area contributed by atoms with E-state index in [0.717, 1.165) is 31.4 Å². The molecule has 0 amide bonds. The summed E-state index contributed by atoms with van der Waals surface area (Å²) >= 11 is 0. The van der Waals surface area contributed by atoms with Crippen LogP contribution in [0.15, 0.2) is 17.0 Å². The van der Waals surface area contributed by atoms with E-state index < -0.39 is 26.6 Å². The molecule has 1 saturated carbocycles. The zero-order valence-electron chi connectivity index (χ0n) is 11.9. The number of hydrogen-bond donors (Lipinski definition) is 2. The fourth-order valence-electron chi connectivity index (χ4n) is 2.75. The van der Waals surface area contributed by atoms with Gasteiger partial charge < -0.3 is 5.73 Å². The van der Waals surface area contributed by atoms with Gasteiger partial charge in [-0.1, -0.05) is 19.8 Å². The standard InChI is InChI=1S/C14H20F2N2O2S/c1-9-3-2-4-11(9)8-18-21(19,20)13-6-10(7-17)5-12(15)14(13)16/h5-6,9,11,18H,2-4,7-8,17H2,1H3. The van der Waals surface area contributed by atoms with Gasteiger partial charge in [-0.3, -0.25) is 0 Å². The van der Waals surface area contributed by atoms with Crippen molar-refractivity contribution in [3.05, 3.63) is 29.3 Å². The van der Waals surface area contributed by atoms with Crippen molar-refractivity contribution in [2.75, 3.05) is 6.54 Å². The highest BCUT2D eigenvalue weighted by Crippen LogP contribution is 2.31. The molecular formula is C14H20F2N2O2S. The molecule has 4 nitrogen and oxygen atoms in total. The number of sulfonamides is 1. The Morgan fingerprint density at radius 3 is 2.62 bits per heavy atom. The highest BCUT2D eigenvalue weighted by atomic mass is 32.2. The van der Waals surface area contributed by atoms with Crippen LogP contribution in [0.5, 0.6) is 0 Å². The normalized spacial score (nSPS) is 22.7. The summed E-state index contributed by atoms with van der Waals surface area (Å²) in [5, 5.41) is 0. The molecule has 1 aliphatic carbocycles. The molecule has 0 spiro atoms. The lowest BCUT2D eigenvalue weighted by atomic mass is 9.99. The van der Waals surface area contributed by atoms with Crippen molar-refractivity contribution in [3.8, 4) is 0 Å². The van der Waals surface area contributed by atoms with Crippen molar-refractivity contribution in [2.45, 2.75) is 37.6 Å². The Kier molecular flexibility index (Phi) is 4.95. The lowest BCUT2D eigenvalue weighted by molar-refractivity contribution is 0.413. The van der Waals surface area contributed by atoms with Gasteiger partial charge in [-0.05, 0) is 36.0 Å². The predicted molar refractivity (Wildman–Crippen MR) is 75.9 cm³/mol. The van der Waals surface area contributed by atoms with Gasteiger partial charge in [0.1, 0.15) is 4.90 Å². The van der Waals surface area contributed by atoms with Crippen molar-refractivity contribution < 1.29 is 17.2 Å². The van der Waals surface area contributed by atoms with Crippen LogP contribution in [-0.2, 0) is 16.6 Å². The molecule has 0 bridgehead atoms. The van der Waals surface area contributed by atoms with Gasteiger partial charge in [0.25, 0.3) is 0 Å². The first-order valence-corrected chi connectivity index (χ1v) is 8.51. The first kappa shape index (κ1) is 16.3. The van der Waals surface area contributed by atoms with E-state index >= 15 is 0 Å². The minimum atomic E-state index is -4.08. The largest absolute Gasteiger partial charge is 0.326 e. The minimum Gasteiger partial charge on any atom is -0.326 e. The molecule has 0 radical (unpaired) electrons. The van der Waals surface area contributed by atoms with E-state index in [4.69, 9.17) is 5.73 Å². The van der Waals surface area contributed by atoms with Crippen LogP contribution >= 0.6 is 0 Å². The minimum absolute atomic E-state index is 0.0562. The Hall–Kier alpha value is -1.05. The molecule has 1 aliphatic rings. The molecule has 0 saturated heterocycles. The highest BCUT2D eigenvalue weighted by molar-refractivity contribution is 7.89. The maximum Gasteiger partial charge on any atom is 0.243 e. The fourth-order valence-corrected chi connectivity index (χ4v) is 3.98. The summed E-state index contributed by atoms with van der Waals surface area (Å²) in [6.45, 7) is 2.26. The molecule has 0 aliphatic heterocycles. The third-order valence-corrected chi connectivity index (χ3v) is 5.58. The lowest BCUT2D eigenvalue weighted by Gasteiger charge is -2.16. The van der Waals surface area contributed by atoms with Crippen LogP contribution in [0.2, 0.25) is 0 Å². The van der Waals surface area contributed by atoms with Crippen LogP contribution in [-0.4, -0.2) is 15.0 Å². The first-order chi connectivity index (χ1) is 9.85. The molecule has 1 aromatic rings. The Labute approximate surface area is 123 Å². The van der Waals surface area contributed by atoms with Crippen LogP contribution in [0.1, 0.15) is 31.7 Å². The van der Waals surface area contributed by atoms with E-state index in [0.29, 0.717) is 5.92 Å². The summed E-state index contributed by atoms with van der Waals surface area (Å²) in [7, 11) is -4.08. The Bertz CT molecular complexity index is 620. The molecule has 2 unspecified atom stereocenters. The van der Waals surface area contributed by atoms with Gasteiger partial charge in [-0.15, -0.1) is 0 Å². The molecule has 7 heteroatoms. The van der Waals surface area contributed by atoms with Gasteiger partial charge in [-0.25, -0.2) is 21.9 Å². The smallest absolute Gasteiger partial charge is 0.243 e. The molecule has 0 heterocycles. The van der Waals surface area contributed by atoms with Gasteiger partial charge in [0, 0.05) is 13.1 Å². The van der Waals surface area contributed by atoms with Crippen LogP contribution < -0.4 is 10.5 Å². The van der Waals surface area contributed by atoms with Crippen LogP contribution in [0, 0.1) is 23.5 Å². The van der Waals surface area contributed by atoms with Crippen molar-refractivity contribution in [1.29, 1.82) is 0 Å². The lowest BCUT2D eigenvalue weighted by Crippen LogP contribution is -2.31. The van der Waals surface area contributed by atoms with E-state index in [-0.39, 0.29) is 24.6 Å². The van der Waals surface area contributed by atoms with E-state index in [1.165, 1.54) is 0 Å². The third kappa shape index (κ3) is 3.59. The third-order valence-electron chi connectivity index (χ3n) is 4.15. The van der Waals surface area contributed by atoms with Gasteiger partial charge in [0.2, 0.25) is 10.0 Å². The summed E-state index contributed by atoms with van der Waals surface area (Å²) in [5.41, 5.74) is 5.61. The Balaban J connectivity index is 2.21. The summed E-state index contributed by atoms with van der Waals surface area (Å²) in [5.74, 6) is -1.89. The van der Waals surface area contributed by atoms with Gasteiger partial charge in [0.05, 0.1) is 0 Å². The van der Waals surface area contributed by atoms with Crippen LogP contribution in [0.3, 0.4) is 0 Å². The van der Waals surface area contributed by atoms with E-state index in [9.17, 15) is 17.2 Å². The summed E-state index contributed by atoms with van der Waals surface area (Å²) in [6, 6.07) is 1.99. The molecule has 2 atom stereocenters. The zero-order chi connectivity index (χ0) is 15.6. The molecule has 0 aromatic heterocycles. The molecule has 21 heavy (non-hydrogen) atoms. The predicted octanol–water partition coefficient (Wildman–Crippen LogP) is 2.14. The van der Waals surface area contributed by atoms with Crippen LogP contribution in [0.4, 0.5) is 8.78 Å². The second-order valence-corrected chi connectivity index (χ2v) is 7.35. The topological polar surface area (TPSA) is 72.2 Å². The number of nitrogens with two attached hydrogens (primary N) is 1. The molecule has 118 valence electrons. The maximum absolute atomic E-state index is 13.8. The Morgan fingerprint density at radius 1 is 1.33 bits per heavy atom. The van der Waals surface area contributed by atoms with Crippen LogP contribution in [0.25, 0.3) is 0 Å². The Morgan fingerprint density at radius 2 is 2.05 bits per heavy atom. The van der Waals surface area contributed by atoms with Gasteiger partial charge in [0.15, 0.2) is 11.6 Å². The number of hydrogen-bond acceptors (Lipinski definition) is 3. The van der Waals surface area contributed by atoms with Crippen molar-refractivity contribution in [1.82, 2.24) is 4.72 Å². The quantitative estimate of drug-likeness (QED) is 0.873. The summed E-state index contributed by atoms with van der Waals surface area (Å²) in [6.07, 6.45) is 3.08. The molecule has 1 fully saturated rings. The summed E-state index contributed by atoms with van der Waals surface area (Å²) < 4.78 is 53.9. The zero-order valence-corrected chi connectivity index (χ0v) is 12.7. The first-order valence-electron chi connectivity index (χ1n) is 7.03. The average Bonchev–Trinajstić information content (AvgIpc) is 2.84. The maximum atomic E-state index is 13.8. The van der Waals surface area contributed by atoms with E-state index in [1.54, 1.807) is 0 Å². The number of rotatable bonds is 5. The highest BCUT2D eigenvalue weighted by Gasteiger charge is 2.27. The SMILES string of the molecule is CC1CCCC1CNS(=O)(=O)c1cc(CN)cc(F)c1F. The second-order valence-electron chi connectivity index (χ2n) is 5.61. The van der Waals surface area contributed by atoms with Crippen molar-refractivity contribution >= 4 is 10.0 Å². The molecule has 2 rings (SSSR count). The van der Waals surface area contributed by atoms with Crippen molar-refractivity contribution in [2.24, 2.45) is 17.6 Å². The average molecular weight is 318 g/mol.